The minimum atomic E-state index is 0.0562. The van der Waals surface area contributed by atoms with Crippen LogP contribution in [0.3, 0.4) is 0 Å². The number of hydrogen-bond donors (Lipinski definition) is 0. The molecule has 2 heterocycles. The van der Waals surface area contributed by atoms with E-state index >= 15 is 0 Å². The number of benzene rings is 1. The number of thioether (sulfide) groups is 1. The van der Waals surface area contributed by atoms with Crippen LogP contribution in [0.5, 0.6) is 5.75 Å². The summed E-state index contributed by atoms with van der Waals surface area (Å²) in [6.45, 7) is 10.4. The van der Waals surface area contributed by atoms with Crippen LogP contribution in [0.4, 0.5) is 0 Å². The van der Waals surface area contributed by atoms with Gasteiger partial charge in [0, 0.05) is 23.0 Å². The summed E-state index contributed by atoms with van der Waals surface area (Å²) in [5.41, 5.74) is 4.01. The van der Waals surface area contributed by atoms with E-state index < -0.39 is 0 Å². The van der Waals surface area contributed by atoms with Gasteiger partial charge >= 0.3 is 0 Å². The van der Waals surface area contributed by atoms with Crippen molar-refractivity contribution in [3.8, 4) is 5.75 Å². The quantitative estimate of drug-likeness (QED) is 0.395. The molecule has 3 rings (SSSR count). The molecule has 0 atom stereocenters. The van der Waals surface area contributed by atoms with E-state index in [-0.39, 0.29) is 18.1 Å². The number of hydrogen-bond acceptors (Lipinski definition) is 6. The van der Waals surface area contributed by atoms with Gasteiger partial charge in [0.1, 0.15) is 5.75 Å². The fourth-order valence-corrected chi connectivity index (χ4v) is 3.86. The first-order valence-corrected chi connectivity index (χ1v) is 10.2. The Morgan fingerprint density at radius 2 is 1.89 bits per heavy atom. The van der Waals surface area contributed by atoms with Crippen molar-refractivity contribution in [2.24, 2.45) is 0 Å². The molecule has 0 fully saturated rings. The SMILES string of the molecule is Cc1ccc(OCc2nnc(SCC(=O)c3cc(C)n(C(C)C)c3C)o2)cc1. The van der Waals surface area contributed by atoms with Crippen molar-refractivity contribution in [1.82, 2.24) is 14.8 Å². The van der Waals surface area contributed by atoms with E-state index in [0.717, 1.165) is 22.7 Å². The molecule has 6 nitrogen and oxygen atoms in total. The van der Waals surface area contributed by atoms with Crippen LogP contribution in [-0.4, -0.2) is 26.3 Å². The third-order valence-electron chi connectivity index (χ3n) is 4.46. The summed E-state index contributed by atoms with van der Waals surface area (Å²) in [7, 11) is 0. The molecular formula is C21H25N3O3S. The number of carbonyl (C=O) groups excluding carboxylic acids is 1. The lowest BCUT2D eigenvalue weighted by Crippen LogP contribution is -2.08. The highest BCUT2D eigenvalue weighted by atomic mass is 32.2. The van der Waals surface area contributed by atoms with E-state index in [1.807, 2.05) is 51.1 Å². The first kappa shape index (κ1) is 20.2. The lowest BCUT2D eigenvalue weighted by atomic mass is 10.2. The molecule has 0 aliphatic heterocycles. The number of Topliss-reactive ketones (excluding diaryl/α,β-unsaturated/α-hetero) is 1. The molecule has 0 amide bonds. The molecule has 28 heavy (non-hydrogen) atoms. The van der Waals surface area contributed by atoms with Crippen molar-refractivity contribution >= 4 is 17.5 Å². The van der Waals surface area contributed by atoms with E-state index in [1.165, 1.54) is 17.3 Å². The number of nitrogens with zero attached hydrogens (tertiary/aromatic N) is 3. The van der Waals surface area contributed by atoms with Gasteiger partial charge in [-0.1, -0.05) is 29.5 Å². The van der Waals surface area contributed by atoms with Crippen LogP contribution < -0.4 is 4.74 Å². The molecule has 2 aromatic heterocycles. The number of aromatic nitrogens is 3. The summed E-state index contributed by atoms with van der Waals surface area (Å²) < 4.78 is 13.4. The van der Waals surface area contributed by atoms with Crippen molar-refractivity contribution in [3.05, 3.63) is 58.7 Å². The Labute approximate surface area is 169 Å². The number of ketones is 1. The summed E-state index contributed by atoms with van der Waals surface area (Å²) in [4.78, 5) is 12.6. The van der Waals surface area contributed by atoms with Crippen molar-refractivity contribution < 1.29 is 13.9 Å². The van der Waals surface area contributed by atoms with Gasteiger partial charge in [0.25, 0.3) is 11.1 Å². The average Bonchev–Trinajstić information content (AvgIpc) is 3.23. The highest BCUT2D eigenvalue weighted by molar-refractivity contribution is 7.99. The molecule has 7 heteroatoms. The van der Waals surface area contributed by atoms with Crippen LogP contribution in [0.2, 0.25) is 0 Å². The van der Waals surface area contributed by atoms with E-state index in [2.05, 4.69) is 28.6 Å². The van der Waals surface area contributed by atoms with Crippen molar-refractivity contribution in [3.63, 3.8) is 0 Å². The number of aryl methyl sites for hydroxylation is 2. The lowest BCUT2D eigenvalue weighted by molar-refractivity contribution is 0.102. The third kappa shape index (κ3) is 4.65. The van der Waals surface area contributed by atoms with Gasteiger partial charge in [-0.15, -0.1) is 10.2 Å². The maximum Gasteiger partial charge on any atom is 0.277 e. The van der Waals surface area contributed by atoms with Gasteiger partial charge in [-0.3, -0.25) is 4.79 Å². The van der Waals surface area contributed by atoms with Crippen LogP contribution >= 0.6 is 11.8 Å². The molecule has 0 bridgehead atoms. The number of carbonyl (C=O) groups is 1. The van der Waals surface area contributed by atoms with Gasteiger partial charge in [-0.25, -0.2) is 0 Å². The van der Waals surface area contributed by atoms with E-state index in [1.54, 1.807) is 0 Å². The first-order chi connectivity index (χ1) is 13.3. The normalized spacial score (nSPS) is 11.2. The average molecular weight is 400 g/mol. The predicted molar refractivity (Wildman–Crippen MR) is 109 cm³/mol. The molecule has 0 N–H and O–H groups in total. The first-order valence-electron chi connectivity index (χ1n) is 9.21. The molecule has 0 aliphatic carbocycles. The molecule has 0 saturated heterocycles. The monoisotopic (exact) mass is 399 g/mol. The summed E-state index contributed by atoms with van der Waals surface area (Å²) in [6, 6.07) is 10.0. The molecule has 0 spiro atoms. The minimum Gasteiger partial charge on any atom is -0.484 e. The van der Waals surface area contributed by atoms with Crippen LogP contribution in [0, 0.1) is 20.8 Å². The summed E-state index contributed by atoms with van der Waals surface area (Å²) in [5.74, 6) is 1.44. The summed E-state index contributed by atoms with van der Waals surface area (Å²) >= 11 is 1.25. The molecule has 0 unspecified atom stereocenters. The Morgan fingerprint density at radius 3 is 2.54 bits per heavy atom. The number of rotatable bonds is 8. The summed E-state index contributed by atoms with van der Waals surface area (Å²) in [5, 5.41) is 8.34. The molecule has 3 aromatic rings. The largest absolute Gasteiger partial charge is 0.484 e. The highest BCUT2D eigenvalue weighted by Gasteiger charge is 2.18. The molecular weight excluding hydrogens is 374 g/mol. The maximum atomic E-state index is 12.6. The van der Waals surface area contributed by atoms with Crippen molar-refractivity contribution in [2.75, 3.05) is 5.75 Å². The standard InChI is InChI=1S/C21H25N3O3S/c1-13(2)24-15(4)10-18(16(24)5)19(25)12-28-21-23-22-20(27-21)11-26-17-8-6-14(3)7-9-17/h6-10,13H,11-12H2,1-5H3. The van der Waals surface area contributed by atoms with Crippen LogP contribution in [0.1, 0.15) is 53.1 Å². The van der Waals surface area contributed by atoms with Gasteiger partial charge in [0.05, 0.1) is 5.75 Å². The van der Waals surface area contributed by atoms with Crippen LogP contribution in [0.15, 0.2) is 40.0 Å². The zero-order valence-electron chi connectivity index (χ0n) is 16.9. The van der Waals surface area contributed by atoms with Crippen molar-refractivity contribution in [2.45, 2.75) is 52.5 Å². The van der Waals surface area contributed by atoms with Gasteiger partial charge < -0.3 is 13.7 Å². The smallest absolute Gasteiger partial charge is 0.277 e. The minimum absolute atomic E-state index is 0.0562. The second-order valence-electron chi connectivity index (χ2n) is 7.02. The maximum absolute atomic E-state index is 12.6. The van der Waals surface area contributed by atoms with E-state index in [0.29, 0.717) is 17.2 Å². The van der Waals surface area contributed by atoms with Gasteiger partial charge in [0.15, 0.2) is 12.4 Å². The third-order valence-corrected chi connectivity index (χ3v) is 5.28. The Bertz CT molecular complexity index is 958. The lowest BCUT2D eigenvalue weighted by Gasteiger charge is -2.13. The second-order valence-corrected chi connectivity index (χ2v) is 7.95. The second kappa shape index (κ2) is 8.65. The predicted octanol–water partition coefficient (Wildman–Crippen LogP) is 4.93. The fraction of sp³-hybridized carbons (Fsp3) is 0.381. The molecule has 1 aromatic carbocycles. The van der Waals surface area contributed by atoms with Crippen LogP contribution in [0.25, 0.3) is 0 Å². The molecule has 0 radical (unpaired) electrons. The summed E-state index contributed by atoms with van der Waals surface area (Å²) in [6.07, 6.45) is 0. The Morgan fingerprint density at radius 1 is 1.18 bits per heavy atom. The van der Waals surface area contributed by atoms with Crippen molar-refractivity contribution in [1.29, 1.82) is 0 Å². The zero-order valence-corrected chi connectivity index (χ0v) is 17.7. The molecule has 148 valence electrons. The van der Waals surface area contributed by atoms with Gasteiger partial charge in [-0.2, -0.15) is 0 Å². The van der Waals surface area contributed by atoms with Crippen LogP contribution in [-0.2, 0) is 6.61 Å². The Balaban J connectivity index is 1.56. The Hall–Kier alpha value is -2.54. The van der Waals surface area contributed by atoms with Gasteiger partial charge in [0.2, 0.25) is 0 Å². The van der Waals surface area contributed by atoms with Gasteiger partial charge in [-0.05, 0) is 52.8 Å². The highest BCUT2D eigenvalue weighted by Crippen LogP contribution is 2.24. The molecule has 0 saturated carbocycles. The van der Waals surface area contributed by atoms with E-state index in [4.69, 9.17) is 9.15 Å². The Kier molecular flexibility index (Phi) is 6.24. The number of ether oxygens (including phenoxy) is 1. The zero-order chi connectivity index (χ0) is 20.3. The topological polar surface area (TPSA) is 70.2 Å². The van der Waals surface area contributed by atoms with E-state index in [9.17, 15) is 4.79 Å². The molecule has 0 aliphatic rings. The fourth-order valence-electron chi connectivity index (χ4n) is 3.19.